The fourth-order valence-electron chi connectivity index (χ4n) is 3.53. The maximum absolute atomic E-state index is 12.2. The molecule has 1 saturated carbocycles. The van der Waals surface area contributed by atoms with Crippen LogP contribution in [0.5, 0.6) is 0 Å². The number of nitrogens with one attached hydrogen (secondary N) is 1. The number of H-pyrrole nitrogens is 1. The van der Waals surface area contributed by atoms with Crippen molar-refractivity contribution in [1.82, 2.24) is 28.9 Å². The van der Waals surface area contributed by atoms with E-state index < -0.39 is 0 Å². The molecule has 0 saturated heterocycles. The number of hydrogen-bond donors (Lipinski definition) is 1. The van der Waals surface area contributed by atoms with Crippen molar-refractivity contribution in [3.8, 4) is 11.4 Å². The van der Waals surface area contributed by atoms with E-state index in [0.717, 1.165) is 44.9 Å². The van der Waals surface area contributed by atoms with Gasteiger partial charge in [-0.3, -0.25) is 18.5 Å². The molecule has 1 aliphatic carbocycles. The van der Waals surface area contributed by atoms with Crippen molar-refractivity contribution in [2.45, 2.75) is 29.8 Å². The van der Waals surface area contributed by atoms with Gasteiger partial charge in [0.05, 0.1) is 0 Å². The van der Waals surface area contributed by atoms with Crippen molar-refractivity contribution in [2.75, 3.05) is 0 Å². The lowest BCUT2D eigenvalue weighted by atomic mass is 10.1. The van der Waals surface area contributed by atoms with Gasteiger partial charge in [-0.15, -0.1) is 10.2 Å². The normalized spacial score (nSPS) is 14.0. The topological polar surface area (TPSA) is 90.5 Å². The maximum atomic E-state index is 12.2. The quantitative estimate of drug-likeness (QED) is 0.512. The van der Waals surface area contributed by atoms with E-state index >= 15 is 0 Å². The van der Waals surface area contributed by atoms with Crippen LogP contribution in [0.25, 0.3) is 22.3 Å². The van der Waals surface area contributed by atoms with Crippen LogP contribution in [0.3, 0.4) is 0 Å². The van der Waals surface area contributed by atoms with Gasteiger partial charge in [-0.1, -0.05) is 30.0 Å². The number of aromatic nitrogens is 6. The molecule has 0 bridgehead atoms. The van der Waals surface area contributed by atoms with Crippen molar-refractivity contribution in [2.24, 2.45) is 14.1 Å². The molecule has 4 aromatic rings. The third-order valence-corrected chi connectivity index (χ3v) is 6.36. The Kier molecular flexibility index (Phi) is 4.20. The van der Waals surface area contributed by atoms with E-state index in [2.05, 4.69) is 25.8 Å². The molecule has 9 heteroatoms. The van der Waals surface area contributed by atoms with E-state index in [9.17, 15) is 9.59 Å². The van der Waals surface area contributed by atoms with Gasteiger partial charge in [0.1, 0.15) is 0 Å². The predicted octanol–water partition coefficient (Wildman–Crippen LogP) is 2.45. The van der Waals surface area contributed by atoms with Crippen LogP contribution in [0.2, 0.25) is 0 Å². The largest absolute Gasteiger partial charge is 0.360 e. The Morgan fingerprint density at radius 3 is 2.72 bits per heavy atom. The first-order chi connectivity index (χ1) is 14.0. The summed E-state index contributed by atoms with van der Waals surface area (Å²) in [5.41, 5.74) is 2.15. The van der Waals surface area contributed by atoms with Crippen molar-refractivity contribution in [1.29, 1.82) is 0 Å². The molecule has 0 amide bonds. The van der Waals surface area contributed by atoms with E-state index in [1.807, 2.05) is 24.4 Å². The molecule has 8 nitrogen and oxygen atoms in total. The first-order valence-corrected chi connectivity index (χ1v) is 10.4. The zero-order valence-electron chi connectivity index (χ0n) is 16.1. The molecule has 0 spiro atoms. The zero-order chi connectivity index (χ0) is 20.1. The Labute approximate surface area is 170 Å². The van der Waals surface area contributed by atoms with Crippen LogP contribution in [0, 0.1) is 0 Å². The predicted molar refractivity (Wildman–Crippen MR) is 112 cm³/mol. The van der Waals surface area contributed by atoms with E-state index in [1.54, 1.807) is 7.05 Å². The Hall–Kier alpha value is -3.07. The van der Waals surface area contributed by atoms with Gasteiger partial charge in [-0.2, -0.15) is 0 Å². The van der Waals surface area contributed by atoms with Crippen molar-refractivity contribution in [3.63, 3.8) is 0 Å². The summed E-state index contributed by atoms with van der Waals surface area (Å²) < 4.78 is 4.81. The number of fused-ring (bicyclic) bond motifs is 1. The number of hydrogen-bond acceptors (Lipinski definition) is 5. The minimum atomic E-state index is -0.323. The minimum Gasteiger partial charge on any atom is -0.360 e. The second kappa shape index (κ2) is 6.77. The first kappa shape index (κ1) is 18.0. The summed E-state index contributed by atoms with van der Waals surface area (Å²) in [7, 11) is 3.17. The van der Waals surface area contributed by atoms with Crippen molar-refractivity contribution >= 4 is 22.7 Å². The fourth-order valence-corrected chi connectivity index (χ4v) is 4.56. The number of aromatic amines is 1. The van der Waals surface area contributed by atoms with Gasteiger partial charge < -0.3 is 4.98 Å². The highest BCUT2D eigenvalue weighted by Crippen LogP contribution is 2.42. The van der Waals surface area contributed by atoms with Gasteiger partial charge in [-0.25, -0.2) is 4.79 Å². The van der Waals surface area contributed by atoms with Crippen molar-refractivity contribution in [3.05, 3.63) is 63.1 Å². The van der Waals surface area contributed by atoms with Crippen LogP contribution >= 0.6 is 11.8 Å². The van der Waals surface area contributed by atoms with Crippen LogP contribution < -0.4 is 11.2 Å². The highest BCUT2D eigenvalue weighted by atomic mass is 32.2. The second-order valence-electron chi connectivity index (χ2n) is 7.32. The number of rotatable bonds is 5. The molecule has 3 aromatic heterocycles. The summed E-state index contributed by atoms with van der Waals surface area (Å²) in [4.78, 5) is 27.5. The Morgan fingerprint density at radius 1 is 1.14 bits per heavy atom. The molecule has 3 heterocycles. The molecule has 29 heavy (non-hydrogen) atoms. The first-order valence-electron chi connectivity index (χ1n) is 9.44. The average molecular weight is 408 g/mol. The molecule has 148 valence electrons. The molecule has 0 radical (unpaired) electrons. The summed E-state index contributed by atoms with van der Waals surface area (Å²) in [6, 6.07) is 10.0. The van der Waals surface area contributed by atoms with Gasteiger partial charge >= 0.3 is 5.69 Å². The Bertz CT molecular complexity index is 1340. The fraction of sp³-hybridized carbons (Fsp3) is 0.300. The molecule has 0 atom stereocenters. The Morgan fingerprint density at radius 2 is 1.93 bits per heavy atom. The maximum Gasteiger partial charge on any atom is 0.330 e. The SMILES string of the molecule is Cn1c(CSc2nnc(-c3c[nH]c4ccccc34)n2C2CC2)cc(=O)n(C)c1=O. The second-order valence-corrected chi connectivity index (χ2v) is 8.26. The lowest BCUT2D eigenvalue weighted by Crippen LogP contribution is -2.37. The summed E-state index contributed by atoms with van der Waals surface area (Å²) in [6.07, 6.45) is 4.18. The summed E-state index contributed by atoms with van der Waals surface area (Å²) in [5, 5.41) is 10.9. The van der Waals surface area contributed by atoms with Gasteiger partial charge in [0.2, 0.25) is 0 Å². The summed E-state index contributed by atoms with van der Waals surface area (Å²) in [6.45, 7) is 0. The standard InChI is InChI=1S/C20H20N6O2S/c1-24-13(9-17(27)25(2)20(24)28)11-29-19-23-22-18(26(19)12-7-8-12)15-10-21-16-6-4-3-5-14(15)16/h3-6,9-10,12,21H,7-8,11H2,1-2H3. The van der Waals surface area contributed by atoms with Gasteiger partial charge in [0, 0.05) is 60.3 Å². The molecule has 1 fully saturated rings. The van der Waals surface area contributed by atoms with Gasteiger partial charge in [0.25, 0.3) is 5.56 Å². The van der Waals surface area contributed by atoms with Crippen LogP contribution in [-0.4, -0.2) is 28.9 Å². The van der Waals surface area contributed by atoms with E-state index in [-0.39, 0.29) is 11.2 Å². The third-order valence-electron chi connectivity index (χ3n) is 5.38. The number of benzene rings is 1. The molecule has 1 N–H and O–H groups in total. The Balaban J connectivity index is 1.51. The number of thioether (sulfide) groups is 1. The smallest absolute Gasteiger partial charge is 0.330 e. The summed E-state index contributed by atoms with van der Waals surface area (Å²) in [5.74, 6) is 1.32. The number of nitrogens with zero attached hydrogens (tertiary/aromatic N) is 5. The monoisotopic (exact) mass is 408 g/mol. The molecular weight excluding hydrogens is 388 g/mol. The molecule has 5 rings (SSSR count). The third kappa shape index (κ3) is 3.02. The van der Waals surface area contributed by atoms with Crippen LogP contribution in [0.1, 0.15) is 24.6 Å². The van der Waals surface area contributed by atoms with Gasteiger partial charge in [0.15, 0.2) is 11.0 Å². The zero-order valence-corrected chi connectivity index (χ0v) is 16.9. The van der Waals surface area contributed by atoms with Gasteiger partial charge in [-0.05, 0) is 18.9 Å². The number of para-hydroxylation sites is 1. The van der Waals surface area contributed by atoms with Crippen LogP contribution in [0.4, 0.5) is 0 Å². The van der Waals surface area contributed by atoms with E-state index in [4.69, 9.17) is 0 Å². The molecular formula is C20H20N6O2S. The lowest BCUT2D eigenvalue weighted by Gasteiger charge is -2.10. The highest BCUT2D eigenvalue weighted by molar-refractivity contribution is 7.98. The summed E-state index contributed by atoms with van der Waals surface area (Å²) >= 11 is 1.50. The molecule has 1 aromatic carbocycles. The highest BCUT2D eigenvalue weighted by Gasteiger charge is 2.31. The van der Waals surface area contributed by atoms with E-state index in [0.29, 0.717) is 17.5 Å². The van der Waals surface area contributed by atoms with E-state index in [1.165, 1.54) is 29.4 Å². The molecule has 0 aliphatic heterocycles. The molecule has 0 unspecified atom stereocenters. The molecule has 1 aliphatic rings. The minimum absolute atomic E-state index is 0.299. The van der Waals surface area contributed by atoms with Crippen molar-refractivity contribution < 1.29 is 0 Å². The van der Waals surface area contributed by atoms with Crippen LogP contribution in [-0.2, 0) is 19.8 Å². The average Bonchev–Trinajstić information content (AvgIpc) is 3.34. The van der Waals surface area contributed by atoms with Crippen LogP contribution in [0.15, 0.2) is 51.3 Å². The lowest BCUT2D eigenvalue weighted by molar-refractivity contribution is 0.659.